The molecule has 7 nitrogen and oxygen atoms in total. The van der Waals surface area contributed by atoms with E-state index in [1.54, 1.807) is 0 Å². The zero-order chi connectivity index (χ0) is 17.9. The van der Waals surface area contributed by atoms with Crippen LogP contribution in [0.2, 0.25) is 5.02 Å². The Balaban J connectivity index is 1.92. The van der Waals surface area contributed by atoms with Crippen LogP contribution in [0.25, 0.3) is 0 Å². The van der Waals surface area contributed by atoms with Crippen molar-refractivity contribution in [2.75, 3.05) is 24.7 Å². The molecule has 1 heterocycles. The molecular formula is C14H16ClFN2O5S. The van der Waals surface area contributed by atoms with E-state index in [1.165, 1.54) is 12.1 Å². The summed E-state index contributed by atoms with van der Waals surface area (Å²) in [6, 6.07) is 2.70. The van der Waals surface area contributed by atoms with Gasteiger partial charge in [0, 0.05) is 11.6 Å². The zero-order valence-corrected chi connectivity index (χ0v) is 14.4. The summed E-state index contributed by atoms with van der Waals surface area (Å²) in [5.41, 5.74) is -0.137. The van der Waals surface area contributed by atoms with Gasteiger partial charge >= 0.3 is 5.97 Å². The number of halogens is 2. The number of rotatable bonds is 5. The standard InChI is InChI=1S/C14H16ClFN2O5S/c1-24(21,22)18-6-2-3-12(18)14(20)23-8-13(19)17-11-7-9(15)4-5-10(11)16/h4-5,7,12H,2-3,6,8H2,1H3,(H,17,19)/t12-/m0/s1. The van der Waals surface area contributed by atoms with Crippen molar-refractivity contribution in [2.45, 2.75) is 18.9 Å². The Morgan fingerprint density at radius 1 is 1.46 bits per heavy atom. The summed E-state index contributed by atoms with van der Waals surface area (Å²) in [5.74, 6) is -2.24. The van der Waals surface area contributed by atoms with Crippen molar-refractivity contribution in [3.05, 3.63) is 29.0 Å². The van der Waals surface area contributed by atoms with E-state index in [1.807, 2.05) is 0 Å². The number of anilines is 1. The number of carbonyl (C=O) groups excluding carboxylic acids is 2. The average Bonchev–Trinajstić information content (AvgIpc) is 2.98. The summed E-state index contributed by atoms with van der Waals surface area (Å²) in [7, 11) is -3.53. The molecule has 1 aliphatic rings. The molecule has 0 unspecified atom stereocenters. The van der Waals surface area contributed by atoms with Crippen LogP contribution in [0.3, 0.4) is 0 Å². The Morgan fingerprint density at radius 3 is 2.83 bits per heavy atom. The maximum absolute atomic E-state index is 13.5. The summed E-state index contributed by atoms with van der Waals surface area (Å²) in [6.07, 6.45) is 1.87. The lowest BCUT2D eigenvalue weighted by atomic mass is 10.2. The molecule has 0 spiro atoms. The summed E-state index contributed by atoms with van der Waals surface area (Å²) in [4.78, 5) is 23.7. The molecule has 1 aromatic rings. The number of benzene rings is 1. The minimum atomic E-state index is -3.53. The lowest BCUT2D eigenvalue weighted by molar-refractivity contribution is -0.150. The topological polar surface area (TPSA) is 92.8 Å². The summed E-state index contributed by atoms with van der Waals surface area (Å²) >= 11 is 5.71. The van der Waals surface area contributed by atoms with Gasteiger partial charge in [-0.2, -0.15) is 4.31 Å². The van der Waals surface area contributed by atoms with E-state index in [0.717, 1.165) is 16.6 Å². The Bertz CT molecular complexity index is 756. The molecule has 0 saturated carbocycles. The van der Waals surface area contributed by atoms with Gasteiger partial charge in [-0.15, -0.1) is 0 Å². The van der Waals surface area contributed by atoms with Crippen molar-refractivity contribution in [1.82, 2.24) is 4.31 Å². The van der Waals surface area contributed by atoms with Crippen LogP contribution in [0, 0.1) is 5.82 Å². The molecule has 1 aliphatic heterocycles. The van der Waals surface area contributed by atoms with Crippen molar-refractivity contribution in [2.24, 2.45) is 0 Å². The first kappa shape index (κ1) is 18.6. The first-order chi connectivity index (χ1) is 11.2. The highest BCUT2D eigenvalue weighted by atomic mass is 35.5. The van der Waals surface area contributed by atoms with Crippen LogP contribution in [-0.4, -0.2) is 50.0 Å². The summed E-state index contributed by atoms with van der Waals surface area (Å²) in [5, 5.41) is 2.47. The third kappa shape index (κ3) is 4.65. The van der Waals surface area contributed by atoms with E-state index in [0.29, 0.717) is 12.8 Å². The maximum atomic E-state index is 13.5. The Kier molecular flexibility index (Phi) is 5.79. The van der Waals surface area contributed by atoms with Crippen LogP contribution in [0.1, 0.15) is 12.8 Å². The molecule has 0 aliphatic carbocycles. The largest absolute Gasteiger partial charge is 0.454 e. The minimum Gasteiger partial charge on any atom is -0.454 e. The first-order valence-electron chi connectivity index (χ1n) is 7.07. The van der Waals surface area contributed by atoms with Gasteiger partial charge in [0.25, 0.3) is 5.91 Å². The second-order valence-corrected chi connectivity index (χ2v) is 7.68. The highest BCUT2D eigenvalue weighted by Crippen LogP contribution is 2.22. The molecule has 1 atom stereocenters. The highest BCUT2D eigenvalue weighted by Gasteiger charge is 2.37. The average molecular weight is 379 g/mol. The number of amides is 1. The van der Waals surface area contributed by atoms with Crippen LogP contribution in [-0.2, 0) is 24.3 Å². The van der Waals surface area contributed by atoms with Gasteiger partial charge in [-0.05, 0) is 31.0 Å². The lowest BCUT2D eigenvalue weighted by Gasteiger charge is -2.20. The fraction of sp³-hybridized carbons (Fsp3) is 0.429. The Labute approximate surface area is 143 Å². The third-order valence-corrected chi connectivity index (χ3v) is 4.97. The van der Waals surface area contributed by atoms with Crippen LogP contribution in [0.4, 0.5) is 10.1 Å². The molecular weight excluding hydrogens is 363 g/mol. The quantitative estimate of drug-likeness (QED) is 0.781. The number of carbonyl (C=O) groups is 2. The van der Waals surface area contributed by atoms with Crippen molar-refractivity contribution < 1.29 is 27.1 Å². The van der Waals surface area contributed by atoms with E-state index in [2.05, 4.69) is 5.32 Å². The van der Waals surface area contributed by atoms with Gasteiger partial charge in [0.15, 0.2) is 6.61 Å². The van der Waals surface area contributed by atoms with Gasteiger partial charge in [0.05, 0.1) is 11.9 Å². The van der Waals surface area contributed by atoms with Crippen molar-refractivity contribution >= 4 is 39.2 Å². The van der Waals surface area contributed by atoms with E-state index < -0.39 is 40.4 Å². The van der Waals surface area contributed by atoms with E-state index >= 15 is 0 Å². The monoisotopic (exact) mass is 378 g/mol. The number of ether oxygens (including phenoxy) is 1. The highest BCUT2D eigenvalue weighted by molar-refractivity contribution is 7.88. The van der Waals surface area contributed by atoms with E-state index in [-0.39, 0.29) is 17.3 Å². The smallest absolute Gasteiger partial charge is 0.324 e. The van der Waals surface area contributed by atoms with Crippen LogP contribution in [0.15, 0.2) is 18.2 Å². The molecule has 2 rings (SSSR count). The van der Waals surface area contributed by atoms with Crippen LogP contribution >= 0.6 is 11.6 Å². The molecule has 1 aromatic carbocycles. The van der Waals surface area contributed by atoms with E-state index in [4.69, 9.17) is 16.3 Å². The first-order valence-corrected chi connectivity index (χ1v) is 9.29. The SMILES string of the molecule is CS(=O)(=O)N1CCC[C@H]1C(=O)OCC(=O)Nc1cc(Cl)ccc1F. The Hall–Kier alpha value is -1.71. The predicted molar refractivity (Wildman–Crippen MR) is 85.6 cm³/mol. The predicted octanol–water partition coefficient (Wildman–Crippen LogP) is 1.38. The maximum Gasteiger partial charge on any atom is 0.324 e. The Morgan fingerprint density at radius 2 is 2.17 bits per heavy atom. The number of nitrogens with zero attached hydrogens (tertiary/aromatic N) is 1. The molecule has 10 heteroatoms. The van der Waals surface area contributed by atoms with E-state index in [9.17, 15) is 22.4 Å². The molecule has 0 radical (unpaired) electrons. The second-order valence-electron chi connectivity index (χ2n) is 5.31. The van der Waals surface area contributed by atoms with Crippen molar-refractivity contribution in [3.63, 3.8) is 0 Å². The molecule has 1 amide bonds. The number of hydrogen-bond donors (Lipinski definition) is 1. The normalized spacial score (nSPS) is 18.4. The molecule has 132 valence electrons. The third-order valence-electron chi connectivity index (χ3n) is 3.45. The van der Waals surface area contributed by atoms with Gasteiger partial charge < -0.3 is 10.1 Å². The second kappa shape index (κ2) is 7.45. The van der Waals surface area contributed by atoms with Gasteiger partial charge in [0.1, 0.15) is 11.9 Å². The number of sulfonamides is 1. The minimum absolute atomic E-state index is 0.137. The number of hydrogen-bond acceptors (Lipinski definition) is 5. The zero-order valence-electron chi connectivity index (χ0n) is 12.8. The van der Waals surface area contributed by atoms with Gasteiger partial charge in [-0.3, -0.25) is 9.59 Å². The molecule has 24 heavy (non-hydrogen) atoms. The van der Waals surface area contributed by atoms with Gasteiger partial charge in [-0.25, -0.2) is 12.8 Å². The molecule has 1 saturated heterocycles. The van der Waals surface area contributed by atoms with Gasteiger partial charge in [-0.1, -0.05) is 11.6 Å². The molecule has 1 N–H and O–H groups in total. The summed E-state index contributed by atoms with van der Waals surface area (Å²) < 4.78 is 42.6. The lowest BCUT2D eigenvalue weighted by Crippen LogP contribution is -2.41. The van der Waals surface area contributed by atoms with Crippen LogP contribution in [0.5, 0.6) is 0 Å². The number of nitrogens with one attached hydrogen (secondary N) is 1. The fourth-order valence-electron chi connectivity index (χ4n) is 2.39. The molecule has 1 fully saturated rings. The van der Waals surface area contributed by atoms with Crippen LogP contribution < -0.4 is 5.32 Å². The van der Waals surface area contributed by atoms with Crippen molar-refractivity contribution in [3.8, 4) is 0 Å². The molecule has 0 bridgehead atoms. The molecule has 0 aromatic heterocycles. The summed E-state index contributed by atoms with van der Waals surface area (Å²) in [6.45, 7) is -0.419. The van der Waals surface area contributed by atoms with Crippen molar-refractivity contribution in [1.29, 1.82) is 0 Å². The van der Waals surface area contributed by atoms with Gasteiger partial charge in [0.2, 0.25) is 10.0 Å². The fourth-order valence-corrected chi connectivity index (χ4v) is 3.67. The number of esters is 1.